The summed E-state index contributed by atoms with van der Waals surface area (Å²) in [7, 11) is 4.81. The van der Waals surface area contributed by atoms with Gasteiger partial charge in [0, 0.05) is 23.4 Å². The summed E-state index contributed by atoms with van der Waals surface area (Å²) in [5.41, 5.74) is 1.83. The Hall–Kier alpha value is -2.17. The lowest BCUT2D eigenvalue weighted by molar-refractivity contribution is 0.349. The first kappa shape index (κ1) is 11.3. The number of hydrogen-bond donors (Lipinski definition) is 1. The lowest BCUT2D eigenvalue weighted by Gasteiger charge is -2.13. The second-order valence-electron chi connectivity index (χ2n) is 3.39. The quantitative estimate of drug-likeness (QED) is 0.880. The van der Waals surface area contributed by atoms with E-state index in [1.54, 1.807) is 39.8 Å². The first-order valence-electron chi connectivity index (χ1n) is 5.09. The minimum Gasteiger partial charge on any atom is -0.496 e. The summed E-state index contributed by atoms with van der Waals surface area (Å²) in [6, 6.07) is 3.66. The van der Waals surface area contributed by atoms with Gasteiger partial charge in [-0.2, -0.15) is 5.10 Å². The predicted octanol–water partition coefficient (Wildman–Crippen LogP) is 2.10. The highest BCUT2D eigenvalue weighted by molar-refractivity contribution is 5.73. The van der Waals surface area contributed by atoms with Gasteiger partial charge >= 0.3 is 0 Å². The van der Waals surface area contributed by atoms with E-state index in [0.717, 1.165) is 11.1 Å². The molecule has 17 heavy (non-hydrogen) atoms. The van der Waals surface area contributed by atoms with E-state index in [0.29, 0.717) is 17.2 Å². The summed E-state index contributed by atoms with van der Waals surface area (Å²) in [4.78, 5) is 0. The molecule has 2 aromatic rings. The predicted molar refractivity (Wildman–Crippen MR) is 63.7 cm³/mol. The largest absolute Gasteiger partial charge is 0.496 e. The molecular formula is C12H14N2O3. The van der Waals surface area contributed by atoms with E-state index in [-0.39, 0.29) is 0 Å². The second kappa shape index (κ2) is 4.78. The topological polar surface area (TPSA) is 56.4 Å². The Bertz CT molecular complexity index is 495. The molecule has 1 heterocycles. The number of ether oxygens (including phenoxy) is 3. The van der Waals surface area contributed by atoms with Crippen LogP contribution >= 0.6 is 0 Å². The average molecular weight is 234 g/mol. The highest BCUT2D eigenvalue weighted by atomic mass is 16.5. The van der Waals surface area contributed by atoms with E-state index >= 15 is 0 Å². The molecule has 0 saturated heterocycles. The molecule has 0 fully saturated rings. The van der Waals surface area contributed by atoms with Gasteiger partial charge in [-0.15, -0.1) is 0 Å². The van der Waals surface area contributed by atoms with E-state index in [4.69, 9.17) is 14.2 Å². The van der Waals surface area contributed by atoms with Gasteiger partial charge in [-0.25, -0.2) is 0 Å². The Kier molecular flexibility index (Phi) is 3.18. The number of aromatic amines is 1. The fourth-order valence-corrected chi connectivity index (χ4v) is 1.65. The molecule has 5 nitrogen and oxygen atoms in total. The van der Waals surface area contributed by atoms with Crippen LogP contribution in [0.2, 0.25) is 0 Å². The fraction of sp³-hybridized carbons (Fsp3) is 0.250. The minimum atomic E-state index is 0.636. The molecule has 0 aliphatic carbocycles. The Labute approximate surface area is 99.3 Å². The number of rotatable bonds is 4. The molecule has 0 unspecified atom stereocenters. The zero-order valence-electron chi connectivity index (χ0n) is 9.98. The van der Waals surface area contributed by atoms with Crippen LogP contribution < -0.4 is 14.2 Å². The van der Waals surface area contributed by atoms with Crippen molar-refractivity contribution in [1.82, 2.24) is 10.2 Å². The third kappa shape index (κ3) is 2.04. The van der Waals surface area contributed by atoms with E-state index in [1.807, 2.05) is 6.07 Å². The Morgan fingerprint density at radius 1 is 0.941 bits per heavy atom. The molecule has 0 spiro atoms. The molecule has 0 amide bonds. The molecule has 1 N–H and O–H groups in total. The number of aromatic nitrogens is 2. The van der Waals surface area contributed by atoms with Crippen molar-refractivity contribution < 1.29 is 14.2 Å². The van der Waals surface area contributed by atoms with Gasteiger partial charge < -0.3 is 14.2 Å². The van der Waals surface area contributed by atoms with E-state index < -0.39 is 0 Å². The van der Waals surface area contributed by atoms with Crippen molar-refractivity contribution in [2.75, 3.05) is 21.3 Å². The van der Waals surface area contributed by atoms with Crippen LogP contribution in [-0.2, 0) is 0 Å². The maximum atomic E-state index is 5.33. The van der Waals surface area contributed by atoms with Crippen molar-refractivity contribution in [2.45, 2.75) is 0 Å². The summed E-state index contributed by atoms with van der Waals surface area (Å²) in [6.07, 6.45) is 3.52. The molecule has 1 aromatic carbocycles. The van der Waals surface area contributed by atoms with Crippen molar-refractivity contribution in [1.29, 1.82) is 0 Å². The van der Waals surface area contributed by atoms with Crippen LogP contribution in [0.15, 0.2) is 24.5 Å². The number of nitrogens with one attached hydrogen (secondary N) is 1. The van der Waals surface area contributed by atoms with Gasteiger partial charge in [0.15, 0.2) is 11.5 Å². The molecule has 0 radical (unpaired) electrons. The fourth-order valence-electron chi connectivity index (χ4n) is 1.65. The van der Waals surface area contributed by atoms with Crippen molar-refractivity contribution in [3.8, 4) is 28.4 Å². The molecule has 1 aromatic heterocycles. The van der Waals surface area contributed by atoms with Crippen LogP contribution in [0.1, 0.15) is 0 Å². The summed E-state index contributed by atoms with van der Waals surface area (Å²) in [6.45, 7) is 0. The molecule has 0 aliphatic heterocycles. The molecular weight excluding hydrogens is 220 g/mol. The number of benzene rings is 1. The maximum absolute atomic E-state index is 5.33. The van der Waals surface area contributed by atoms with Gasteiger partial charge in [0.1, 0.15) is 5.75 Å². The van der Waals surface area contributed by atoms with Crippen molar-refractivity contribution in [3.63, 3.8) is 0 Å². The first-order valence-corrected chi connectivity index (χ1v) is 5.09. The highest BCUT2D eigenvalue weighted by Gasteiger charge is 2.13. The van der Waals surface area contributed by atoms with Crippen LogP contribution in [0.25, 0.3) is 11.1 Å². The zero-order chi connectivity index (χ0) is 12.3. The van der Waals surface area contributed by atoms with Gasteiger partial charge in [0.05, 0.1) is 27.5 Å². The minimum absolute atomic E-state index is 0.636. The SMILES string of the molecule is COc1cc(OC)c(-c2cn[nH]c2)cc1OC. The van der Waals surface area contributed by atoms with Crippen molar-refractivity contribution in [3.05, 3.63) is 24.5 Å². The van der Waals surface area contributed by atoms with Crippen LogP contribution in [0.3, 0.4) is 0 Å². The van der Waals surface area contributed by atoms with Crippen LogP contribution in [0.4, 0.5) is 0 Å². The highest BCUT2D eigenvalue weighted by Crippen LogP contribution is 2.39. The molecule has 2 rings (SSSR count). The van der Waals surface area contributed by atoms with Crippen LogP contribution in [0.5, 0.6) is 17.2 Å². The number of hydrogen-bond acceptors (Lipinski definition) is 4. The van der Waals surface area contributed by atoms with Gasteiger partial charge in [0.2, 0.25) is 0 Å². The van der Waals surface area contributed by atoms with Crippen molar-refractivity contribution in [2.24, 2.45) is 0 Å². The molecule has 90 valence electrons. The molecule has 0 aliphatic rings. The lowest BCUT2D eigenvalue weighted by atomic mass is 10.1. The van der Waals surface area contributed by atoms with Crippen LogP contribution in [-0.4, -0.2) is 31.5 Å². The van der Waals surface area contributed by atoms with E-state index in [9.17, 15) is 0 Å². The summed E-state index contributed by atoms with van der Waals surface area (Å²) in [5, 5.41) is 6.69. The third-order valence-electron chi connectivity index (χ3n) is 2.51. The summed E-state index contributed by atoms with van der Waals surface area (Å²) in [5.74, 6) is 2.00. The smallest absolute Gasteiger partial charge is 0.164 e. The van der Waals surface area contributed by atoms with Gasteiger partial charge in [-0.05, 0) is 6.07 Å². The standard InChI is InChI=1S/C12H14N2O3/c1-15-10-5-12(17-3)11(16-2)4-9(10)8-6-13-14-7-8/h4-7H,1-3H3,(H,13,14). The van der Waals surface area contributed by atoms with Gasteiger partial charge in [-0.1, -0.05) is 0 Å². The third-order valence-corrected chi connectivity index (χ3v) is 2.51. The maximum Gasteiger partial charge on any atom is 0.164 e. The Morgan fingerprint density at radius 3 is 2.12 bits per heavy atom. The average Bonchev–Trinajstić information content (AvgIpc) is 2.90. The number of methoxy groups -OCH3 is 3. The van der Waals surface area contributed by atoms with Crippen LogP contribution in [0, 0.1) is 0 Å². The zero-order valence-corrected chi connectivity index (χ0v) is 9.98. The first-order chi connectivity index (χ1) is 8.30. The van der Waals surface area contributed by atoms with Crippen molar-refractivity contribution >= 4 is 0 Å². The number of nitrogens with zero attached hydrogens (tertiary/aromatic N) is 1. The molecule has 5 heteroatoms. The monoisotopic (exact) mass is 234 g/mol. The second-order valence-corrected chi connectivity index (χ2v) is 3.39. The molecule has 0 saturated carbocycles. The Balaban J connectivity index is 2.58. The van der Waals surface area contributed by atoms with Gasteiger partial charge in [-0.3, -0.25) is 5.10 Å². The summed E-state index contributed by atoms with van der Waals surface area (Å²) >= 11 is 0. The molecule has 0 atom stereocenters. The van der Waals surface area contributed by atoms with E-state index in [2.05, 4.69) is 10.2 Å². The Morgan fingerprint density at radius 2 is 1.59 bits per heavy atom. The lowest BCUT2D eigenvalue weighted by Crippen LogP contribution is -1.94. The molecule has 0 bridgehead atoms. The summed E-state index contributed by atoms with van der Waals surface area (Å²) < 4.78 is 15.8. The number of H-pyrrole nitrogens is 1. The van der Waals surface area contributed by atoms with Gasteiger partial charge in [0.25, 0.3) is 0 Å². The van der Waals surface area contributed by atoms with E-state index in [1.165, 1.54) is 0 Å². The normalized spacial score (nSPS) is 10.1.